The zero-order chi connectivity index (χ0) is 18.2. The average Bonchev–Trinajstić information content (AvgIpc) is 3.23. The van der Waals surface area contributed by atoms with Crippen molar-refractivity contribution in [1.29, 1.82) is 0 Å². The first-order chi connectivity index (χ1) is 12.8. The smallest absolute Gasteiger partial charge is 0.316 e. The molecule has 2 aromatic heterocycles. The molecule has 1 aromatic carbocycles. The van der Waals surface area contributed by atoms with Gasteiger partial charge in [0.2, 0.25) is 4.96 Å². The molecule has 0 fully saturated rings. The third kappa shape index (κ3) is 5.26. The zero-order valence-corrected chi connectivity index (χ0v) is 16.1. The van der Waals surface area contributed by atoms with E-state index in [4.69, 9.17) is 4.74 Å². The van der Waals surface area contributed by atoms with Crippen LogP contribution in [0, 0.1) is 0 Å². The van der Waals surface area contributed by atoms with Gasteiger partial charge in [0.1, 0.15) is 6.61 Å². The van der Waals surface area contributed by atoms with Gasteiger partial charge in [-0.05, 0) is 24.8 Å². The van der Waals surface area contributed by atoms with Gasteiger partial charge >= 0.3 is 5.97 Å². The van der Waals surface area contributed by atoms with Crippen molar-refractivity contribution >= 4 is 34.0 Å². The second-order valence-electron chi connectivity index (χ2n) is 5.78. The number of rotatable bonds is 10. The molecule has 0 saturated carbocycles. The number of hydrogen-bond acceptors (Lipinski definition) is 7. The number of thioether (sulfide) groups is 1. The number of ether oxygens (including phenoxy) is 1. The number of aromatic nitrogens is 4. The highest BCUT2D eigenvalue weighted by molar-refractivity contribution is 8.01. The van der Waals surface area contributed by atoms with E-state index in [0.29, 0.717) is 6.61 Å². The number of aryl methyl sites for hydroxylation is 1. The van der Waals surface area contributed by atoms with Crippen LogP contribution >= 0.6 is 23.1 Å². The van der Waals surface area contributed by atoms with Crippen molar-refractivity contribution in [2.75, 3.05) is 12.3 Å². The van der Waals surface area contributed by atoms with Crippen LogP contribution in [0.15, 0.2) is 34.7 Å². The monoisotopic (exact) mass is 392 g/mol. The molecule has 0 unspecified atom stereocenters. The number of carbonyl (C=O) groups is 1. The quantitative estimate of drug-likeness (QED) is 0.322. The van der Waals surface area contributed by atoms with Crippen LogP contribution in [0.4, 0.5) is 0 Å². The Morgan fingerprint density at radius 2 is 2.04 bits per heavy atom. The molecule has 26 heavy (non-hydrogen) atoms. The summed E-state index contributed by atoms with van der Waals surface area (Å²) in [5.41, 5.74) is 4.83. The van der Waals surface area contributed by atoms with E-state index in [2.05, 4.69) is 21.0 Å². The molecule has 0 saturated heterocycles. The molecular weight excluding hydrogens is 370 g/mol. The Labute approximate surface area is 160 Å². The number of quaternary nitrogens is 1. The molecule has 3 rings (SSSR count). The molecule has 0 atom stereocenters. The summed E-state index contributed by atoms with van der Waals surface area (Å²) in [5, 5.41) is 12.9. The highest BCUT2D eigenvalue weighted by atomic mass is 32.2. The first-order valence-corrected chi connectivity index (χ1v) is 10.4. The number of unbranched alkanes of at least 4 members (excludes halogenated alkanes) is 2. The maximum atomic E-state index is 11.9. The SMILES string of the molecule is [NH3+]CCCCCc1nnc2sc(SCC(=O)OCc3ccccc3)nn12. The lowest BCUT2D eigenvalue weighted by atomic mass is 10.2. The summed E-state index contributed by atoms with van der Waals surface area (Å²) in [6, 6.07) is 9.65. The van der Waals surface area contributed by atoms with Gasteiger partial charge in [-0.15, -0.1) is 15.3 Å². The number of hydrogen-bond donors (Lipinski definition) is 1. The van der Waals surface area contributed by atoms with Crippen molar-refractivity contribution in [1.82, 2.24) is 19.8 Å². The average molecular weight is 393 g/mol. The van der Waals surface area contributed by atoms with Crippen molar-refractivity contribution in [3.8, 4) is 0 Å². The minimum absolute atomic E-state index is 0.232. The molecule has 3 N–H and O–H groups in total. The summed E-state index contributed by atoms with van der Waals surface area (Å²) in [6.45, 7) is 1.26. The Bertz CT molecular complexity index is 834. The third-order valence-electron chi connectivity index (χ3n) is 3.74. The lowest BCUT2D eigenvalue weighted by molar-refractivity contribution is -0.368. The van der Waals surface area contributed by atoms with Crippen molar-refractivity contribution in [2.45, 2.75) is 36.6 Å². The molecular formula is C17H22N5O2S2+. The predicted octanol–water partition coefficient (Wildman–Crippen LogP) is 1.98. The molecule has 3 aromatic rings. The van der Waals surface area contributed by atoms with Crippen LogP contribution in [0.25, 0.3) is 4.96 Å². The van der Waals surface area contributed by atoms with E-state index in [-0.39, 0.29) is 11.7 Å². The zero-order valence-electron chi connectivity index (χ0n) is 14.5. The summed E-state index contributed by atoms with van der Waals surface area (Å²) in [7, 11) is 0. The van der Waals surface area contributed by atoms with Gasteiger partial charge in [0.25, 0.3) is 0 Å². The number of nitrogens with zero attached hydrogens (tertiary/aromatic N) is 4. The van der Waals surface area contributed by atoms with Crippen LogP contribution in [0.2, 0.25) is 0 Å². The molecule has 0 radical (unpaired) electrons. The van der Waals surface area contributed by atoms with Gasteiger partial charge in [-0.3, -0.25) is 4.79 Å². The van der Waals surface area contributed by atoms with Crippen LogP contribution in [-0.2, 0) is 22.6 Å². The van der Waals surface area contributed by atoms with Crippen LogP contribution in [0.3, 0.4) is 0 Å². The molecule has 0 amide bonds. The van der Waals surface area contributed by atoms with Gasteiger partial charge in [0.15, 0.2) is 10.2 Å². The van der Waals surface area contributed by atoms with Crippen LogP contribution in [0.5, 0.6) is 0 Å². The number of fused-ring (bicyclic) bond motifs is 1. The van der Waals surface area contributed by atoms with Gasteiger partial charge < -0.3 is 10.5 Å². The molecule has 0 aliphatic heterocycles. The Morgan fingerprint density at radius 3 is 2.85 bits per heavy atom. The lowest BCUT2D eigenvalue weighted by Crippen LogP contribution is -2.50. The van der Waals surface area contributed by atoms with Gasteiger partial charge in [-0.25, -0.2) is 0 Å². The van der Waals surface area contributed by atoms with Crippen LogP contribution in [0.1, 0.15) is 30.7 Å². The molecule has 0 aliphatic rings. The van der Waals surface area contributed by atoms with Crippen molar-refractivity contribution in [3.05, 3.63) is 41.7 Å². The van der Waals surface area contributed by atoms with Crippen molar-refractivity contribution in [3.63, 3.8) is 0 Å². The van der Waals surface area contributed by atoms with E-state index >= 15 is 0 Å². The first kappa shape index (κ1) is 18.8. The number of carbonyl (C=O) groups excluding carboxylic acids is 1. The molecule has 2 heterocycles. The van der Waals surface area contributed by atoms with E-state index in [1.807, 2.05) is 30.3 Å². The summed E-state index contributed by atoms with van der Waals surface area (Å²) in [6.07, 6.45) is 4.18. The molecule has 0 aliphatic carbocycles. The Balaban J connectivity index is 1.48. The number of benzene rings is 1. The Kier molecular flexibility index (Phi) is 6.98. The standard InChI is InChI=1S/C17H21N5O2S2/c18-10-6-2-5-9-14-19-20-16-22(14)21-17(26-16)25-12-15(23)24-11-13-7-3-1-4-8-13/h1,3-4,7-8H,2,5-6,9-12,18H2/p+1. The van der Waals surface area contributed by atoms with E-state index in [0.717, 1.165) is 52.9 Å². The highest BCUT2D eigenvalue weighted by Gasteiger charge is 2.13. The van der Waals surface area contributed by atoms with Crippen LogP contribution < -0.4 is 5.73 Å². The maximum Gasteiger partial charge on any atom is 0.316 e. The first-order valence-electron chi connectivity index (χ1n) is 8.59. The Hall–Kier alpha value is -1.97. The second kappa shape index (κ2) is 9.65. The highest BCUT2D eigenvalue weighted by Crippen LogP contribution is 2.25. The molecule has 0 spiro atoms. The van der Waals surface area contributed by atoms with E-state index < -0.39 is 0 Å². The largest absolute Gasteiger partial charge is 0.460 e. The fraction of sp³-hybridized carbons (Fsp3) is 0.412. The summed E-state index contributed by atoms with van der Waals surface area (Å²) in [5.74, 6) is 0.854. The molecule has 0 bridgehead atoms. The molecule has 7 nitrogen and oxygen atoms in total. The normalized spacial score (nSPS) is 11.1. The van der Waals surface area contributed by atoms with Crippen molar-refractivity contribution < 1.29 is 15.3 Å². The second-order valence-corrected chi connectivity index (χ2v) is 7.96. The molecule has 138 valence electrons. The summed E-state index contributed by atoms with van der Waals surface area (Å²) in [4.78, 5) is 12.7. The van der Waals surface area contributed by atoms with Gasteiger partial charge in [-0.2, -0.15) is 4.52 Å². The maximum absolute atomic E-state index is 11.9. The van der Waals surface area contributed by atoms with Crippen molar-refractivity contribution in [2.24, 2.45) is 0 Å². The fourth-order valence-electron chi connectivity index (χ4n) is 2.39. The van der Waals surface area contributed by atoms with E-state index in [9.17, 15) is 4.79 Å². The minimum Gasteiger partial charge on any atom is -0.460 e. The molecule has 9 heteroatoms. The summed E-state index contributed by atoms with van der Waals surface area (Å²) < 4.78 is 7.86. The fourth-order valence-corrected chi connectivity index (χ4v) is 4.08. The number of esters is 1. The third-order valence-corrected chi connectivity index (χ3v) is 5.75. The topological polar surface area (TPSA) is 97.0 Å². The van der Waals surface area contributed by atoms with E-state index in [1.54, 1.807) is 4.52 Å². The predicted molar refractivity (Wildman–Crippen MR) is 101 cm³/mol. The van der Waals surface area contributed by atoms with Crippen LogP contribution in [-0.4, -0.2) is 38.1 Å². The minimum atomic E-state index is -0.252. The summed E-state index contributed by atoms with van der Waals surface area (Å²) >= 11 is 2.81. The van der Waals surface area contributed by atoms with Gasteiger partial charge in [-0.1, -0.05) is 53.4 Å². The lowest BCUT2D eigenvalue weighted by Gasteiger charge is -2.03. The van der Waals surface area contributed by atoms with Gasteiger partial charge in [0.05, 0.1) is 12.3 Å². The Morgan fingerprint density at radius 1 is 1.19 bits per heavy atom. The van der Waals surface area contributed by atoms with Gasteiger partial charge in [0, 0.05) is 6.42 Å². The van der Waals surface area contributed by atoms with E-state index in [1.165, 1.54) is 23.1 Å².